The summed E-state index contributed by atoms with van der Waals surface area (Å²) in [6.07, 6.45) is 1.70. The number of aryl methyl sites for hydroxylation is 2. The molecule has 1 heterocycles. The minimum atomic E-state index is -0.0893. The van der Waals surface area contributed by atoms with Crippen molar-refractivity contribution in [2.24, 2.45) is 0 Å². The van der Waals surface area contributed by atoms with Gasteiger partial charge in [-0.3, -0.25) is 4.79 Å². The maximum atomic E-state index is 11.4. The Hall–Kier alpha value is -2.03. The van der Waals surface area contributed by atoms with Crippen LogP contribution < -0.4 is 10.3 Å². The summed E-state index contributed by atoms with van der Waals surface area (Å²) in [5.41, 5.74) is 2.74. The van der Waals surface area contributed by atoms with Crippen molar-refractivity contribution in [2.45, 2.75) is 13.8 Å². The molecule has 0 saturated heterocycles. The van der Waals surface area contributed by atoms with Crippen LogP contribution in [0.3, 0.4) is 0 Å². The van der Waals surface area contributed by atoms with Crippen LogP contribution in [0, 0.1) is 13.8 Å². The second-order valence-corrected chi connectivity index (χ2v) is 4.08. The first-order valence-corrected chi connectivity index (χ1v) is 5.50. The summed E-state index contributed by atoms with van der Waals surface area (Å²) >= 11 is 0. The van der Waals surface area contributed by atoms with Crippen molar-refractivity contribution in [1.82, 2.24) is 4.98 Å². The molecule has 1 aromatic heterocycles. The first-order chi connectivity index (χ1) is 8.11. The number of nitrogens with one attached hydrogen (secondary N) is 1. The van der Waals surface area contributed by atoms with Gasteiger partial charge in [-0.05, 0) is 31.0 Å². The molecular formula is C14H15NO2. The summed E-state index contributed by atoms with van der Waals surface area (Å²) in [6.45, 7) is 7.99. The zero-order valence-electron chi connectivity index (χ0n) is 10.0. The molecule has 0 spiro atoms. The van der Waals surface area contributed by atoms with Gasteiger partial charge in [0, 0.05) is 17.5 Å². The van der Waals surface area contributed by atoms with Gasteiger partial charge < -0.3 is 9.72 Å². The van der Waals surface area contributed by atoms with E-state index in [0.717, 1.165) is 27.8 Å². The zero-order chi connectivity index (χ0) is 12.4. The van der Waals surface area contributed by atoms with Gasteiger partial charge in [-0.25, -0.2) is 0 Å². The van der Waals surface area contributed by atoms with Crippen LogP contribution >= 0.6 is 0 Å². The minimum Gasteiger partial charge on any atom is -0.489 e. The zero-order valence-corrected chi connectivity index (χ0v) is 10.0. The van der Waals surface area contributed by atoms with E-state index in [2.05, 4.69) is 11.6 Å². The Morgan fingerprint density at radius 1 is 1.29 bits per heavy atom. The third-order valence-corrected chi connectivity index (χ3v) is 2.70. The summed E-state index contributed by atoms with van der Waals surface area (Å²) < 4.78 is 5.53. The van der Waals surface area contributed by atoms with Crippen LogP contribution in [-0.4, -0.2) is 11.6 Å². The Labute approximate surface area is 99.7 Å². The lowest BCUT2D eigenvalue weighted by atomic mass is 10.1. The number of H-pyrrole nitrogens is 1. The number of aromatic nitrogens is 1. The van der Waals surface area contributed by atoms with Gasteiger partial charge in [0.2, 0.25) is 5.56 Å². The molecule has 0 aliphatic rings. The number of rotatable bonds is 3. The summed E-state index contributed by atoms with van der Waals surface area (Å²) in [5, 5.41) is 1.05. The number of fused-ring (bicyclic) bond motifs is 1. The number of hydrogen-bond acceptors (Lipinski definition) is 2. The average molecular weight is 229 g/mol. The Morgan fingerprint density at radius 3 is 2.76 bits per heavy atom. The molecule has 3 heteroatoms. The molecular weight excluding hydrogens is 214 g/mol. The predicted octanol–water partition coefficient (Wildman–Crippen LogP) is 2.71. The summed E-state index contributed by atoms with van der Waals surface area (Å²) in [6, 6.07) is 5.49. The highest BCUT2D eigenvalue weighted by molar-refractivity contribution is 5.84. The number of benzene rings is 1. The molecule has 2 aromatic rings. The minimum absolute atomic E-state index is 0.0893. The van der Waals surface area contributed by atoms with E-state index in [1.54, 1.807) is 12.1 Å². The molecule has 0 bridgehead atoms. The summed E-state index contributed by atoms with van der Waals surface area (Å²) in [4.78, 5) is 14.2. The van der Waals surface area contributed by atoms with Crippen LogP contribution in [0.5, 0.6) is 5.75 Å². The maximum Gasteiger partial charge on any atom is 0.248 e. The summed E-state index contributed by atoms with van der Waals surface area (Å²) in [7, 11) is 0. The molecule has 1 aromatic carbocycles. The Bertz CT molecular complexity index is 626. The highest BCUT2D eigenvalue weighted by Gasteiger charge is 2.05. The van der Waals surface area contributed by atoms with E-state index in [9.17, 15) is 4.79 Å². The van der Waals surface area contributed by atoms with Crippen molar-refractivity contribution >= 4 is 10.9 Å². The van der Waals surface area contributed by atoms with E-state index in [1.165, 1.54) is 0 Å². The van der Waals surface area contributed by atoms with Crippen molar-refractivity contribution in [3.05, 3.63) is 52.3 Å². The van der Waals surface area contributed by atoms with E-state index in [1.807, 2.05) is 26.0 Å². The fraction of sp³-hybridized carbons (Fsp3) is 0.214. The topological polar surface area (TPSA) is 42.1 Å². The van der Waals surface area contributed by atoms with Gasteiger partial charge >= 0.3 is 0 Å². The van der Waals surface area contributed by atoms with Gasteiger partial charge in [0.15, 0.2) is 0 Å². The Morgan fingerprint density at radius 2 is 2.06 bits per heavy atom. The number of hydrogen-bond donors (Lipinski definition) is 1. The van der Waals surface area contributed by atoms with Crippen molar-refractivity contribution < 1.29 is 4.74 Å². The van der Waals surface area contributed by atoms with Crippen molar-refractivity contribution in [2.75, 3.05) is 6.61 Å². The Balaban J connectivity index is 2.62. The van der Waals surface area contributed by atoms with Gasteiger partial charge in [-0.15, -0.1) is 0 Å². The van der Waals surface area contributed by atoms with Crippen molar-refractivity contribution in [3.8, 4) is 5.75 Å². The van der Waals surface area contributed by atoms with Crippen LogP contribution in [0.2, 0.25) is 0 Å². The molecule has 0 amide bonds. The lowest BCUT2D eigenvalue weighted by molar-refractivity contribution is 0.361. The smallest absolute Gasteiger partial charge is 0.248 e. The molecule has 17 heavy (non-hydrogen) atoms. The van der Waals surface area contributed by atoms with Gasteiger partial charge in [0.25, 0.3) is 0 Å². The first kappa shape index (κ1) is 11.5. The lowest BCUT2D eigenvalue weighted by Gasteiger charge is -2.10. The average Bonchev–Trinajstić information content (AvgIpc) is 2.27. The molecule has 0 aliphatic heterocycles. The number of pyridine rings is 1. The molecule has 0 atom stereocenters. The predicted molar refractivity (Wildman–Crippen MR) is 69.7 cm³/mol. The van der Waals surface area contributed by atoms with E-state index in [4.69, 9.17) is 4.74 Å². The molecule has 2 rings (SSSR count). The number of ether oxygens (including phenoxy) is 1. The molecule has 0 saturated carbocycles. The monoisotopic (exact) mass is 229 g/mol. The highest BCUT2D eigenvalue weighted by Crippen LogP contribution is 2.25. The molecule has 0 aliphatic carbocycles. The van der Waals surface area contributed by atoms with Crippen LogP contribution in [0.4, 0.5) is 0 Å². The van der Waals surface area contributed by atoms with Crippen molar-refractivity contribution in [1.29, 1.82) is 0 Å². The molecule has 88 valence electrons. The van der Waals surface area contributed by atoms with E-state index in [0.29, 0.717) is 6.61 Å². The van der Waals surface area contributed by atoms with Crippen LogP contribution in [-0.2, 0) is 0 Å². The normalized spacial score (nSPS) is 10.5. The largest absolute Gasteiger partial charge is 0.489 e. The fourth-order valence-electron chi connectivity index (χ4n) is 1.87. The van der Waals surface area contributed by atoms with Crippen LogP contribution in [0.25, 0.3) is 10.9 Å². The van der Waals surface area contributed by atoms with Crippen LogP contribution in [0.1, 0.15) is 11.1 Å². The van der Waals surface area contributed by atoms with Gasteiger partial charge in [0.1, 0.15) is 12.4 Å². The second-order valence-electron chi connectivity index (χ2n) is 4.08. The standard InChI is InChI=1S/C14H15NO2/c1-4-5-17-13-8-12-11(6-10(13)3)9(2)7-14(16)15-12/h4,6-8H,1,5H2,2-3H3,(H,15,16). The first-order valence-electron chi connectivity index (χ1n) is 5.50. The molecule has 0 radical (unpaired) electrons. The van der Waals surface area contributed by atoms with Crippen LogP contribution in [0.15, 0.2) is 35.6 Å². The van der Waals surface area contributed by atoms with E-state index < -0.39 is 0 Å². The lowest BCUT2D eigenvalue weighted by Crippen LogP contribution is -2.05. The quantitative estimate of drug-likeness (QED) is 0.822. The van der Waals surface area contributed by atoms with E-state index >= 15 is 0 Å². The maximum absolute atomic E-state index is 11.4. The Kier molecular flexibility index (Phi) is 3.00. The second kappa shape index (κ2) is 4.45. The van der Waals surface area contributed by atoms with Gasteiger partial charge in [-0.1, -0.05) is 12.7 Å². The third-order valence-electron chi connectivity index (χ3n) is 2.70. The fourth-order valence-corrected chi connectivity index (χ4v) is 1.87. The molecule has 0 unspecified atom stereocenters. The van der Waals surface area contributed by atoms with Crippen molar-refractivity contribution in [3.63, 3.8) is 0 Å². The molecule has 3 nitrogen and oxygen atoms in total. The molecule has 1 N–H and O–H groups in total. The van der Waals surface area contributed by atoms with Gasteiger partial charge in [0.05, 0.1) is 5.52 Å². The summed E-state index contributed by atoms with van der Waals surface area (Å²) in [5.74, 6) is 0.777. The highest BCUT2D eigenvalue weighted by atomic mass is 16.5. The number of aromatic amines is 1. The van der Waals surface area contributed by atoms with Gasteiger partial charge in [-0.2, -0.15) is 0 Å². The molecule has 0 fully saturated rings. The third kappa shape index (κ3) is 2.23. The van der Waals surface area contributed by atoms with E-state index in [-0.39, 0.29) is 5.56 Å². The SMILES string of the molecule is C=CCOc1cc2[nH]c(=O)cc(C)c2cc1C.